The van der Waals surface area contributed by atoms with E-state index in [1.807, 2.05) is 13.8 Å². The van der Waals surface area contributed by atoms with E-state index in [4.69, 9.17) is 0 Å². The number of nitrogens with one attached hydrogen (secondary N) is 1. The van der Waals surface area contributed by atoms with E-state index in [1.165, 1.54) is 19.1 Å². The van der Waals surface area contributed by atoms with Crippen LogP contribution >= 0.6 is 0 Å². The summed E-state index contributed by atoms with van der Waals surface area (Å²) in [7, 11) is 0. The van der Waals surface area contributed by atoms with Crippen molar-refractivity contribution in [2.45, 2.75) is 39.8 Å². The Morgan fingerprint density at radius 1 is 1.19 bits per heavy atom. The van der Waals surface area contributed by atoms with Crippen molar-refractivity contribution < 1.29 is 13.9 Å². The first-order valence-corrected chi connectivity index (χ1v) is 6.69. The molecule has 21 heavy (non-hydrogen) atoms. The third kappa shape index (κ3) is 2.51. The molecule has 0 bridgehead atoms. The van der Waals surface area contributed by atoms with Crippen LogP contribution in [0, 0.1) is 25.5 Å². The van der Waals surface area contributed by atoms with Crippen LogP contribution in [0.15, 0.2) is 16.9 Å². The Kier molecular flexibility index (Phi) is 4.00. The zero-order valence-electron chi connectivity index (χ0n) is 12.4. The summed E-state index contributed by atoms with van der Waals surface area (Å²) in [5.74, 6) is -2.14. The second-order valence-electron chi connectivity index (χ2n) is 5.41. The van der Waals surface area contributed by atoms with Crippen molar-refractivity contribution in [1.29, 1.82) is 0 Å². The van der Waals surface area contributed by atoms with E-state index in [0.29, 0.717) is 5.69 Å². The van der Waals surface area contributed by atoms with Crippen LogP contribution in [-0.4, -0.2) is 14.9 Å². The number of aliphatic hydroxyl groups is 1. The average Bonchev–Trinajstić information content (AvgIpc) is 2.71. The molecule has 0 amide bonds. The van der Waals surface area contributed by atoms with Gasteiger partial charge in [0.2, 0.25) is 0 Å². The maximum Gasteiger partial charge on any atom is 0.270 e. The number of hydrogen-bond donors (Lipinski definition) is 2. The number of benzene rings is 1. The van der Waals surface area contributed by atoms with Gasteiger partial charge in [0.1, 0.15) is 6.10 Å². The van der Waals surface area contributed by atoms with Gasteiger partial charge in [-0.3, -0.25) is 14.6 Å². The molecule has 2 aromatic rings. The lowest BCUT2D eigenvalue weighted by Crippen LogP contribution is -2.14. The molecule has 0 saturated heterocycles. The summed E-state index contributed by atoms with van der Waals surface area (Å²) < 4.78 is 29.2. The summed E-state index contributed by atoms with van der Waals surface area (Å²) >= 11 is 0. The van der Waals surface area contributed by atoms with Gasteiger partial charge in [0.25, 0.3) is 5.56 Å². The standard InChI is InChI=1S/C15H18F2N2O2/c1-7(2)19-9(4)11(15(21)18-19)14(20)10-6-5-8(3)12(16)13(10)17/h5-7,14,20H,1-4H3,(H,18,21). The topological polar surface area (TPSA) is 58.0 Å². The third-order valence-electron chi connectivity index (χ3n) is 3.61. The first-order chi connectivity index (χ1) is 9.75. The van der Waals surface area contributed by atoms with Crippen molar-refractivity contribution in [3.8, 4) is 0 Å². The predicted molar refractivity (Wildman–Crippen MR) is 75.3 cm³/mol. The molecule has 1 aromatic carbocycles. The van der Waals surface area contributed by atoms with Gasteiger partial charge in [0, 0.05) is 17.3 Å². The summed E-state index contributed by atoms with van der Waals surface area (Å²) in [6.45, 7) is 6.82. The first-order valence-electron chi connectivity index (χ1n) is 6.69. The van der Waals surface area contributed by atoms with E-state index >= 15 is 0 Å². The molecule has 1 unspecified atom stereocenters. The van der Waals surface area contributed by atoms with E-state index in [0.717, 1.165) is 0 Å². The largest absolute Gasteiger partial charge is 0.383 e. The van der Waals surface area contributed by atoms with Crippen molar-refractivity contribution in [1.82, 2.24) is 9.78 Å². The van der Waals surface area contributed by atoms with Gasteiger partial charge in [-0.05, 0) is 33.3 Å². The van der Waals surface area contributed by atoms with Gasteiger partial charge in [-0.15, -0.1) is 0 Å². The lowest BCUT2D eigenvalue weighted by Gasteiger charge is -2.14. The average molecular weight is 296 g/mol. The molecule has 0 aliphatic rings. The zero-order valence-corrected chi connectivity index (χ0v) is 12.4. The number of aryl methyl sites for hydroxylation is 1. The molecule has 1 aromatic heterocycles. The predicted octanol–water partition coefficient (Wildman–Crippen LogP) is 2.73. The Morgan fingerprint density at radius 2 is 1.81 bits per heavy atom. The monoisotopic (exact) mass is 296 g/mol. The maximum atomic E-state index is 14.0. The van der Waals surface area contributed by atoms with Gasteiger partial charge in [-0.2, -0.15) is 0 Å². The normalized spacial score (nSPS) is 13.0. The lowest BCUT2D eigenvalue weighted by atomic mass is 10.00. The highest BCUT2D eigenvalue weighted by atomic mass is 19.2. The quantitative estimate of drug-likeness (QED) is 0.915. The van der Waals surface area contributed by atoms with Crippen LogP contribution in [0.5, 0.6) is 0 Å². The summed E-state index contributed by atoms with van der Waals surface area (Å²) in [6, 6.07) is 2.66. The van der Waals surface area contributed by atoms with Crippen molar-refractivity contribution >= 4 is 0 Å². The van der Waals surface area contributed by atoms with Crippen LogP contribution in [0.2, 0.25) is 0 Å². The number of aliphatic hydroxyl groups excluding tert-OH is 1. The highest BCUT2D eigenvalue weighted by Crippen LogP contribution is 2.27. The Bertz CT molecular complexity index is 732. The summed E-state index contributed by atoms with van der Waals surface area (Å²) in [5.41, 5.74) is -0.0649. The molecule has 0 spiro atoms. The minimum absolute atomic E-state index is 0.0155. The van der Waals surface area contributed by atoms with Crippen LogP contribution in [0.25, 0.3) is 0 Å². The molecule has 2 N–H and O–H groups in total. The molecule has 0 radical (unpaired) electrons. The number of aromatic nitrogens is 2. The Morgan fingerprint density at radius 3 is 2.33 bits per heavy atom. The third-order valence-corrected chi connectivity index (χ3v) is 3.61. The molecule has 0 aliphatic heterocycles. The van der Waals surface area contributed by atoms with Gasteiger partial charge in [-0.25, -0.2) is 8.78 Å². The van der Waals surface area contributed by atoms with Crippen molar-refractivity contribution in [3.05, 3.63) is 56.5 Å². The molecule has 2 rings (SSSR count). The Hall–Kier alpha value is -1.95. The fraction of sp³-hybridized carbons (Fsp3) is 0.400. The van der Waals surface area contributed by atoms with Gasteiger partial charge >= 0.3 is 0 Å². The molecule has 4 nitrogen and oxygen atoms in total. The fourth-order valence-corrected chi connectivity index (χ4v) is 2.41. The molecular weight excluding hydrogens is 278 g/mol. The molecule has 114 valence electrons. The van der Waals surface area contributed by atoms with Crippen molar-refractivity contribution in [2.24, 2.45) is 0 Å². The zero-order chi connectivity index (χ0) is 15.9. The van der Waals surface area contributed by atoms with Gasteiger partial charge < -0.3 is 5.11 Å². The SMILES string of the molecule is Cc1ccc(C(O)c2c(C)n(C(C)C)[nH]c2=O)c(F)c1F. The molecule has 0 aliphatic carbocycles. The number of nitrogens with zero attached hydrogens (tertiary/aromatic N) is 1. The number of halogens is 2. The smallest absolute Gasteiger partial charge is 0.270 e. The first kappa shape index (κ1) is 15.4. The molecule has 6 heteroatoms. The fourth-order valence-electron chi connectivity index (χ4n) is 2.41. The van der Waals surface area contributed by atoms with Crippen LogP contribution in [-0.2, 0) is 0 Å². The van der Waals surface area contributed by atoms with E-state index in [9.17, 15) is 18.7 Å². The minimum Gasteiger partial charge on any atom is -0.383 e. The molecule has 0 saturated carbocycles. The summed E-state index contributed by atoms with van der Waals surface area (Å²) in [6.07, 6.45) is -1.51. The second kappa shape index (κ2) is 5.44. The number of hydrogen-bond acceptors (Lipinski definition) is 2. The molecule has 1 atom stereocenters. The van der Waals surface area contributed by atoms with E-state index < -0.39 is 23.3 Å². The van der Waals surface area contributed by atoms with Crippen LogP contribution in [0.4, 0.5) is 8.78 Å². The number of rotatable bonds is 3. The van der Waals surface area contributed by atoms with Gasteiger partial charge in [0.05, 0.1) is 5.56 Å². The van der Waals surface area contributed by atoms with E-state index in [-0.39, 0.29) is 22.7 Å². The second-order valence-corrected chi connectivity index (χ2v) is 5.41. The highest BCUT2D eigenvalue weighted by molar-refractivity contribution is 5.34. The maximum absolute atomic E-state index is 14.0. The molecular formula is C15H18F2N2O2. The van der Waals surface area contributed by atoms with E-state index in [2.05, 4.69) is 5.10 Å². The highest BCUT2D eigenvalue weighted by Gasteiger charge is 2.25. The van der Waals surface area contributed by atoms with E-state index in [1.54, 1.807) is 11.6 Å². The minimum atomic E-state index is -1.51. The number of H-pyrrole nitrogens is 1. The van der Waals surface area contributed by atoms with Crippen molar-refractivity contribution in [3.63, 3.8) is 0 Å². The Balaban J connectivity index is 2.58. The van der Waals surface area contributed by atoms with Crippen LogP contribution in [0.3, 0.4) is 0 Å². The Labute approximate surface area is 121 Å². The summed E-state index contributed by atoms with van der Waals surface area (Å²) in [5, 5.41) is 12.9. The van der Waals surface area contributed by atoms with Gasteiger partial charge in [-0.1, -0.05) is 12.1 Å². The number of aromatic amines is 1. The molecule has 0 fully saturated rings. The van der Waals surface area contributed by atoms with Crippen molar-refractivity contribution in [2.75, 3.05) is 0 Å². The lowest BCUT2D eigenvalue weighted by molar-refractivity contribution is 0.211. The summed E-state index contributed by atoms with van der Waals surface area (Å²) in [4.78, 5) is 12.0. The van der Waals surface area contributed by atoms with Crippen LogP contribution in [0.1, 0.15) is 48.4 Å². The van der Waals surface area contributed by atoms with Gasteiger partial charge in [0.15, 0.2) is 11.6 Å². The molecule has 1 heterocycles. The van der Waals surface area contributed by atoms with Crippen LogP contribution < -0.4 is 5.56 Å².